The largest absolute Gasteiger partial charge is 0.463 e. The van der Waals surface area contributed by atoms with Crippen LogP contribution in [0.2, 0.25) is 0 Å². The normalized spacial score (nSPS) is 20.6. The number of rotatable bonds is 4. The molecule has 0 aromatic heterocycles. The van der Waals surface area contributed by atoms with E-state index in [1.54, 1.807) is 27.7 Å². The number of carbonyl (C=O) groups is 2. The van der Waals surface area contributed by atoms with Gasteiger partial charge in [0.25, 0.3) is 0 Å². The molecule has 1 fully saturated rings. The van der Waals surface area contributed by atoms with Gasteiger partial charge in [-0.05, 0) is 58.2 Å². The molecule has 5 nitrogen and oxygen atoms in total. The number of hydrogen-bond acceptors (Lipinski definition) is 4. The fraction of sp³-hybridized carbons (Fsp3) is 0.524. The van der Waals surface area contributed by atoms with Gasteiger partial charge in [-0.1, -0.05) is 12.1 Å². The van der Waals surface area contributed by atoms with E-state index in [2.05, 4.69) is 0 Å². The summed E-state index contributed by atoms with van der Waals surface area (Å²) >= 11 is 0. The quantitative estimate of drug-likeness (QED) is 0.556. The van der Waals surface area contributed by atoms with Crippen molar-refractivity contribution in [2.75, 3.05) is 19.7 Å². The molecule has 0 bridgehead atoms. The van der Waals surface area contributed by atoms with Crippen molar-refractivity contribution in [2.45, 2.75) is 51.8 Å². The number of benzene rings is 1. The Labute approximate surface area is 164 Å². The van der Waals surface area contributed by atoms with Gasteiger partial charge in [-0.3, -0.25) is 0 Å². The third-order valence-electron chi connectivity index (χ3n) is 4.28. The average molecular weight is 395 g/mol. The third kappa shape index (κ3) is 5.78. The molecular weight excluding hydrogens is 368 g/mol. The van der Waals surface area contributed by atoms with Crippen LogP contribution in [0, 0.1) is 5.82 Å². The highest BCUT2D eigenvalue weighted by molar-refractivity contribution is 5.93. The molecule has 1 aromatic rings. The molecule has 1 atom stereocenters. The van der Waals surface area contributed by atoms with E-state index in [-0.39, 0.29) is 25.1 Å². The zero-order valence-corrected chi connectivity index (χ0v) is 16.8. The van der Waals surface area contributed by atoms with Crippen LogP contribution in [0.3, 0.4) is 0 Å². The first kappa shape index (κ1) is 21.9. The molecule has 1 aliphatic heterocycles. The molecular formula is C21H27F2NO4. The molecule has 0 radical (unpaired) electrons. The van der Waals surface area contributed by atoms with Gasteiger partial charge in [0.1, 0.15) is 11.4 Å². The van der Waals surface area contributed by atoms with Crippen LogP contribution in [0.15, 0.2) is 30.3 Å². The van der Waals surface area contributed by atoms with Gasteiger partial charge in [0.2, 0.25) is 0 Å². The number of hydrogen-bond donors (Lipinski definition) is 0. The molecule has 0 spiro atoms. The van der Waals surface area contributed by atoms with Crippen LogP contribution in [0.5, 0.6) is 0 Å². The molecule has 0 N–H and O–H groups in total. The Morgan fingerprint density at radius 2 is 1.89 bits per heavy atom. The van der Waals surface area contributed by atoms with Crippen molar-refractivity contribution in [2.24, 2.45) is 0 Å². The summed E-state index contributed by atoms with van der Waals surface area (Å²) in [7, 11) is 0. The number of nitrogens with zero attached hydrogens (tertiary/aromatic N) is 1. The minimum atomic E-state index is -1.99. The Bertz CT molecular complexity index is 740. The summed E-state index contributed by atoms with van der Waals surface area (Å²) in [4.78, 5) is 25.7. The van der Waals surface area contributed by atoms with Crippen molar-refractivity contribution < 1.29 is 27.8 Å². The molecule has 1 aromatic carbocycles. The lowest BCUT2D eigenvalue weighted by molar-refractivity contribution is -0.137. The number of alkyl halides is 1. The Balaban J connectivity index is 2.36. The topological polar surface area (TPSA) is 55.8 Å². The fourth-order valence-corrected chi connectivity index (χ4v) is 3.12. The predicted octanol–water partition coefficient (Wildman–Crippen LogP) is 4.51. The Kier molecular flexibility index (Phi) is 6.80. The number of ether oxygens (including phenoxy) is 2. The summed E-state index contributed by atoms with van der Waals surface area (Å²) in [6.07, 6.45) is 1.00. The molecule has 1 aliphatic rings. The van der Waals surface area contributed by atoms with Gasteiger partial charge in [-0.2, -0.15) is 0 Å². The molecule has 1 saturated heterocycles. The number of likely N-dealkylation sites (tertiary alicyclic amines) is 1. The van der Waals surface area contributed by atoms with Crippen molar-refractivity contribution in [3.63, 3.8) is 0 Å². The first-order chi connectivity index (χ1) is 13.0. The Hall–Kier alpha value is -2.44. The maximum absolute atomic E-state index is 16.0. The monoisotopic (exact) mass is 395 g/mol. The lowest BCUT2D eigenvalue weighted by Crippen LogP contribution is -2.50. The molecule has 7 heteroatoms. The van der Waals surface area contributed by atoms with E-state index in [1.165, 1.54) is 29.2 Å². The van der Waals surface area contributed by atoms with E-state index in [4.69, 9.17) is 9.47 Å². The standard InChI is InChI=1S/C21H27F2NO4/c1-5-27-18(25)13-17(15-7-9-16(22)10-8-15)21(23)11-6-12-24(14-21)19(26)28-20(2,3)4/h7-10,13H,5-6,11-12,14H2,1-4H3/b17-13-. The smallest absolute Gasteiger partial charge is 0.410 e. The van der Waals surface area contributed by atoms with Crippen LogP contribution in [0.4, 0.5) is 13.6 Å². The van der Waals surface area contributed by atoms with E-state index in [0.717, 1.165) is 6.08 Å². The van der Waals surface area contributed by atoms with Gasteiger partial charge < -0.3 is 14.4 Å². The number of esters is 1. The molecule has 28 heavy (non-hydrogen) atoms. The second-order valence-corrected chi connectivity index (χ2v) is 7.79. The minimum Gasteiger partial charge on any atom is -0.463 e. The second-order valence-electron chi connectivity index (χ2n) is 7.79. The van der Waals surface area contributed by atoms with Crippen LogP contribution in [0.25, 0.3) is 5.57 Å². The van der Waals surface area contributed by atoms with Crippen molar-refractivity contribution in [1.29, 1.82) is 0 Å². The summed E-state index contributed by atoms with van der Waals surface area (Å²) < 4.78 is 39.7. The molecule has 2 rings (SSSR count). The van der Waals surface area contributed by atoms with Gasteiger partial charge >= 0.3 is 12.1 Å². The highest BCUT2D eigenvalue weighted by Gasteiger charge is 2.42. The molecule has 154 valence electrons. The first-order valence-electron chi connectivity index (χ1n) is 9.36. The molecule has 1 unspecified atom stereocenters. The molecule has 0 aliphatic carbocycles. The van der Waals surface area contributed by atoms with Gasteiger partial charge in [0.05, 0.1) is 13.2 Å². The highest BCUT2D eigenvalue weighted by atomic mass is 19.1. The van der Waals surface area contributed by atoms with Crippen molar-refractivity contribution >= 4 is 17.6 Å². The number of amides is 1. The van der Waals surface area contributed by atoms with Gasteiger partial charge in [-0.25, -0.2) is 18.4 Å². The lowest BCUT2D eigenvalue weighted by Gasteiger charge is -2.39. The van der Waals surface area contributed by atoms with Crippen LogP contribution >= 0.6 is 0 Å². The SMILES string of the molecule is CCOC(=O)/C=C(/c1ccc(F)cc1)C1(F)CCCN(C(=O)OC(C)(C)C)C1. The Morgan fingerprint density at radius 1 is 1.25 bits per heavy atom. The van der Waals surface area contributed by atoms with Crippen LogP contribution in [-0.4, -0.2) is 47.9 Å². The average Bonchev–Trinajstić information content (AvgIpc) is 2.59. The van der Waals surface area contributed by atoms with E-state index in [9.17, 15) is 14.0 Å². The summed E-state index contributed by atoms with van der Waals surface area (Å²) in [5, 5.41) is 0. The minimum absolute atomic E-state index is 0.0687. The van der Waals surface area contributed by atoms with Crippen LogP contribution < -0.4 is 0 Å². The van der Waals surface area contributed by atoms with Crippen LogP contribution in [0.1, 0.15) is 46.1 Å². The molecule has 1 amide bonds. The van der Waals surface area contributed by atoms with Crippen molar-refractivity contribution in [3.8, 4) is 0 Å². The summed E-state index contributed by atoms with van der Waals surface area (Å²) in [5.74, 6) is -1.15. The zero-order chi connectivity index (χ0) is 20.9. The second kappa shape index (κ2) is 8.71. The van der Waals surface area contributed by atoms with Gasteiger partial charge in [0, 0.05) is 18.2 Å². The first-order valence-corrected chi connectivity index (χ1v) is 9.36. The number of halogens is 2. The lowest BCUT2D eigenvalue weighted by atomic mass is 9.83. The fourth-order valence-electron chi connectivity index (χ4n) is 3.12. The summed E-state index contributed by atoms with van der Waals surface area (Å²) in [6.45, 7) is 7.11. The maximum Gasteiger partial charge on any atom is 0.410 e. The summed E-state index contributed by atoms with van der Waals surface area (Å²) in [6, 6.07) is 5.22. The van der Waals surface area contributed by atoms with Gasteiger partial charge in [-0.15, -0.1) is 0 Å². The van der Waals surface area contributed by atoms with E-state index in [0.29, 0.717) is 18.5 Å². The predicted molar refractivity (Wildman–Crippen MR) is 102 cm³/mol. The number of carbonyl (C=O) groups excluding carboxylic acids is 2. The molecule has 1 heterocycles. The number of piperidine rings is 1. The van der Waals surface area contributed by atoms with Crippen LogP contribution in [-0.2, 0) is 14.3 Å². The van der Waals surface area contributed by atoms with E-state index < -0.39 is 29.1 Å². The highest BCUT2D eigenvalue weighted by Crippen LogP contribution is 2.39. The molecule has 0 saturated carbocycles. The van der Waals surface area contributed by atoms with Gasteiger partial charge in [0.15, 0.2) is 5.67 Å². The zero-order valence-electron chi connectivity index (χ0n) is 16.8. The van der Waals surface area contributed by atoms with E-state index >= 15 is 4.39 Å². The summed E-state index contributed by atoms with van der Waals surface area (Å²) in [5.41, 5.74) is -2.25. The maximum atomic E-state index is 16.0. The van der Waals surface area contributed by atoms with E-state index in [1.807, 2.05) is 0 Å². The van der Waals surface area contributed by atoms with Crippen molar-refractivity contribution in [1.82, 2.24) is 4.90 Å². The van der Waals surface area contributed by atoms with Crippen molar-refractivity contribution in [3.05, 3.63) is 41.7 Å². The Morgan fingerprint density at radius 3 is 2.46 bits per heavy atom. The third-order valence-corrected chi connectivity index (χ3v) is 4.28.